The monoisotopic (exact) mass is 326 g/mol. The Morgan fingerprint density at radius 3 is 2.75 bits per heavy atom. The molecule has 128 valence electrons. The van der Waals surface area contributed by atoms with Gasteiger partial charge in [0, 0.05) is 19.8 Å². The van der Waals surface area contributed by atoms with Crippen molar-refractivity contribution in [2.45, 2.75) is 32.9 Å². The van der Waals surface area contributed by atoms with Gasteiger partial charge in [-0.15, -0.1) is 0 Å². The lowest BCUT2D eigenvalue weighted by Crippen LogP contribution is -2.36. The Kier molecular flexibility index (Phi) is 7.60. The number of aliphatic imine (C=N–C) groups is 1. The van der Waals surface area contributed by atoms with Crippen LogP contribution in [0.1, 0.15) is 31.0 Å². The van der Waals surface area contributed by atoms with E-state index in [1.807, 2.05) is 30.3 Å². The molecule has 0 spiro atoms. The molecule has 0 amide bonds. The lowest BCUT2D eigenvalue weighted by Gasteiger charge is -2.12. The van der Waals surface area contributed by atoms with Crippen molar-refractivity contribution < 1.29 is 4.74 Å². The van der Waals surface area contributed by atoms with E-state index in [9.17, 15) is 0 Å². The summed E-state index contributed by atoms with van der Waals surface area (Å²) >= 11 is 0. The third kappa shape index (κ3) is 6.28. The molecule has 0 bridgehead atoms. The molecule has 0 aliphatic heterocycles. The van der Waals surface area contributed by atoms with Gasteiger partial charge in [-0.2, -0.15) is 0 Å². The molecule has 0 saturated heterocycles. The van der Waals surface area contributed by atoms with Gasteiger partial charge in [0.25, 0.3) is 0 Å². The Balaban J connectivity index is 1.81. The second-order valence-corrected chi connectivity index (χ2v) is 5.45. The highest BCUT2D eigenvalue weighted by molar-refractivity contribution is 5.79. The smallest absolute Gasteiger partial charge is 0.191 e. The fourth-order valence-corrected chi connectivity index (χ4v) is 2.16. The van der Waals surface area contributed by atoms with Crippen LogP contribution in [-0.2, 0) is 13.1 Å². The molecule has 0 aliphatic carbocycles. The SMILES string of the molecule is CCCCOc1cccc(CNC(=NC)NCc2ccccn2)c1. The van der Waals surface area contributed by atoms with E-state index < -0.39 is 0 Å². The number of aromatic nitrogens is 1. The zero-order valence-electron chi connectivity index (χ0n) is 14.5. The normalized spacial score (nSPS) is 11.2. The average Bonchev–Trinajstić information content (AvgIpc) is 2.63. The number of ether oxygens (including phenoxy) is 1. The number of nitrogens with zero attached hydrogens (tertiary/aromatic N) is 2. The fraction of sp³-hybridized carbons (Fsp3) is 0.368. The van der Waals surface area contributed by atoms with E-state index in [1.165, 1.54) is 0 Å². The van der Waals surface area contributed by atoms with Gasteiger partial charge in [0.15, 0.2) is 5.96 Å². The molecule has 1 heterocycles. The lowest BCUT2D eigenvalue weighted by atomic mass is 10.2. The van der Waals surface area contributed by atoms with Crippen LogP contribution in [0.3, 0.4) is 0 Å². The summed E-state index contributed by atoms with van der Waals surface area (Å²) in [4.78, 5) is 8.53. The van der Waals surface area contributed by atoms with E-state index in [2.05, 4.69) is 39.7 Å². The highest BCUT2D eigenvalue weighted by Gasteiger charge is 2.01. The summed E-state index contributed by atoms with van der Waals surface area (Å²) in [6.45, 7) is 4.25. The molecule has 2 rings (SSSR count). The van der Waals surface area contributed by atoms with Crippen LogP contribution in [0, 0.1) is 0 Å². The number of nitrogens with one attached hydrogen (secondary N) is 2. The van der Waals surface area contributed by atoms with Crippen LogP contribution in [0.25, 0.3) is 0 Å². The summed E-state index contributed by atoms with van der Waals surface area (Å²) in [5, 5.41) is 6.56. The minimum atomic E-state index is 0.640. The quantitative estimate of drug-likeness (QED) is 0.444. The van der Waals surface area contributed by atoms with Crippen LogP contribution >= 0.6 is 0 Å². The topological polar surface area (TPSA) is 58.5 Å². The van der Waals surface area contributed by atoms with Crippen LogP contribution in [0.5, 0.6) is 5.75 Å². The fourth-order valence-electron chi connectivity index (χ4n) is 2.16. The van der Waals surface area contributed by atoms with E-state index in [-0.39, 0.29) is 0 Å². The summed E-state index contributed by atoms with van der Waals surface area (Å²) < 4.78 is 5.74. The van der Waals surface area contributed by atoms with Crippen LogP contribution in [-0.4, -0.2) is 24.6 Å². The zero-order valence-corrected chi connectivity index (χ0v) is 14.5. The van der Waals surface area contributed by atoms with Crippen molar-refractivity contribution in [1.82, 2.24) is 15.6 Å². The van der Waals surface area contributed by atoms with Gasteiger partial charge in [-0.3, -0.25) is 9.98 Å². The third-order valence-electron chi connectivity index (χ3n) is 3.51. The first kappa shape index (κ1) is 17.8. The summed E-state index contributed by atoms with van der Waals surface area (Å²) in [7, 11) is 1.76. The third-order valence-corrected chi connectivity index (χ3v) is 3.51. The van der Waals surface area contributed by atoms with Crippen molar-refractivity contribution in [3.63, 3.8) is 0 Å². The maximum absolute atomic E-state index is 5.74. The van der Waals surface area contributed by atoms with Gasteiger partial charge in [-0.1, -0.05) is 31.5 Å². The highest BCUT2D eigenvalue weighted by atomic mass is 16.5. The minimum absolute atomic E-state index is 0.640. The summed E-state index contributed by atoms with van der Waals surface area (Å²) in [6, 6.07) is 14.0. The van der Waals surface area contributed by atoms with Gasteiger partial charge in [0.2, 0.25) is 0 Å². The molecule has 0 saturated carbocycles. The van der Waals surface area contributed by atoms with E-state index in [4.69, 9.17) is 4.74 Å². The van der Waals surface area contributed by atoms with Gasteiger partial charge in [-0.25, -0.2) is 0 Å². The molecule has 5 heteroatoms. The summed E-state index contributed by atoms with van der Waals surface area (Å²) in [5.74, 6) is 1.66. The molecular formula is C19H26N4O. The van der Waals surface area contributed by atoms with Gasteiger partial charge in [0.1, 0.15) is 5.75 Å². The van der Waals surface area contributed by atoms with Crippen LogP contribution in [0.15, 0.2) is 53.7 Å². The molecule has 0 unspecified atom stereocenters. The first-order valence-corrected chi connectivity index (χ1v) is 8.38. The maximum Gasteiger partial charge on any atom is 0.191 e. The van der Waals surface area contributed by atoms with Crippen molar-refractivity contribution in [3.8, 4) is 5.75 Å². The van der Waals surface area contributed by atoms with Gasteiger partial charge in [0.05, 0.1) is 18.8 Å². The lowest BCUT2D eigenvalue weighted by molar-refractivity contribution is 0.309. The van der Waals surface area contributed by atoms with Crippen molar-refractivity contribution >= 4 is 5.96 Å². The molecule has 2 N–H and O–H groups in total. The summed E-state index contributed by atoms with van der Waals surface area (Å²) in [6.07, 6.45) is 4.00. The molecule has 2 aromatic rings. The standard InChI is InChI=1S/C19H26N4O/c1-3-4-12-24-18-10-7-8-16(13-18)14-22-19(20-2)23-15-17-9-5-6-11-21-17/h5-11,13H,3-4,12,14-15H2,1-2H3,(H2,20,22,23). The Hall–Kier alpha value is -2.56. The van der Waals surface area contributed by atoms with Crippen molar-refractivity contribution in [2.75, 3.05) is 13.7 Å². The molecule has 5 nitrogen and oxygen atoms in total. The second kappa shape index (κ2) is 10.3. The first-order chi connectivity index (χ1) is 11.8. The number of hydrogen-bond acceptors (Lipinski definition) is 3. The molecule has 0 aliphatic rings. The van der Waals surface area contributed by atoms with Gasteiger partial charge < -0.3 is 15.4 Å². The largest absolute Gasteiger partial charge is 0.494 e. The Bertz CT molecular complexity index is 628. The Morgan fingerprint density at radius 2 is 2.00 bits per heavy atom. The molecule has 0 radical (unpaired) electrons. The van der Waals surface area contributed by atoms with Gasteiger partial charge in [-0.05, 0) is 36.2 Å². The maximum atomic E-state index is 5.74. The van der Waals surface area contributed by atoms with Crippen molar-refractivity contribution in [3.05, 3.63) is 59.9 Å². The van der Waals surface area contributed by atoms with E-state index in [0.717, 1.165) is 42.4 Å². The van der Waals surface area contributed by atoms with Crippen molar-refractivity contribution in [1.29, 1.82) is 0 Å². The summed E-state index contributed by atoms with van der Waals surface area (Å²) in [5.41, 5.74) is 2.14. The first-order valence-electron chi connectivity index (χ1n) is 8.38. The van der Waals surface area contributed by atoms with Crippen LogP contribution in [0.4, 0.5) is 0 Å². The highest BCUT2D eigenvalue weighted by Crippen LogP contribution is 2.13. The van der Waals surface area contributed by atoms with Crippen LogP contribution < -0.4 is 15.4 Å². The number of pyridine rings is 1. The van der Waals surface area contributed by atoms with Crippen LogP contribution in [0.2, 0.25) is 0 Å². The van der Waals surface area contributed by atoms with E-state index in [1.54, 1.807) is 13.2 Å². The molecule has 0 fully saturated rings. The predicted molar refractivity (Wildman–Crippen MR) is 98.1 cm³/mol. The van der Waals surface area contributed by atoms with Gasteiger partial charge >= 0.3 is 0 Å². The predicted octanol–water partition coefficient (Wildman–Crippen LogP) is 3.13. The number of hydrogen-bond donors (Lipinski definition) is 2. The molecule has 1 aromatic heterocycles. The zero-order chi connectivity index (χ0) is 17.0. The Morgan fingerprint density at radius 1 is 1.12 bits per heavy atom. The number of benzene rings is 1. The molecule has 0 atom stereocenters. The van der Waals surface area contributed by atoms with E-state index >= 15 is 0 Å². The average molecular weight is 326 g/mol. The number of guanidine groups is 1. The molecule has 24 heavy (non-hydrogen) atoms. The second-order valence-electron chi connectivity index (χ2n) is 5.45. The minimum Gasteiger partial charge on any atom is -0.494 e. The number of rotatable bonds is 8. The number of unbranched alkanes of at least 4 members (excludes halogenated alkanes) is 1. The molecule has 1 aromatic carbocycles. The molecular weight excluding hydrogens is 300 g/mol. The Labute approximate surface area is 144 Å². The van der Waals surface area contributed by atoms with Crippen molar-refractivity contribution in [2.24, 2.45) is 4.99 Å². The van der Waals surface area contributed by atoms with E-state index in [0.29, 0.717) is 13.1 Å².